The SMILES string of the molecule is COc1ccc(C(=O)O)cc1-c1ccc2c(c1CO)N(C)C(=O)C(C)(C)N2.Cc1ccc(F)cc1. The predicted molar refractivity (Wildman–Crippen MR) is 134 cm³/mol. The van der Waals surface area contributed by atoms with Gasteiger partial charge in [-0.3, -0.25) is 4.79 Å². The van der Waals surface area contributed by atoms with Crippen molar-refractivity contribution >= 4 is 23.3 Å². The number of carboxylic acid groups (broad SMARTS) is 1. The summed E-state index contributed by atoms with van der Waals surface area (Å²) in [5.41, 5.74) is 3.39. The van der Waals surface area contributed by atoms with Crippen LogP contribution < -0.4 is 15.0 Å². The quantitative estimate of drug-likeness (QED) is 0.494. The fourth-order valence-electron chi connectivity index (χ4n) is 4.03. The van der Waals surface area contributed by atoms with Crippen molar-refractivity contribution in [3.63, 3.8) is 0 Å². The van der Waals surface area contributed by atoms with Gasteiger partial charge in [0.05, 0.1) is 30.7 Å². The molecule has 0 spiro atoms. The number of methoxy groups -OCH3 is 1. The number of aliphatic hydroxyl groups excluding tert-OH is 1. The second-order valence-electron chi connectivity index (χ2n) is 8.78. The molecule has 0 saturated carbocycles. The second kappa shape index (κ2) is 10.1. The lowest BCUT2D eigenvalue weighted by atomic mass is 9.91. The molecule has 3 N–H and O–H groups in total. The first-order chi connectivity index (χ1) is 16.5. The summed E-state index contributed by atoms with van der Waals surface area (Å²) in [5.74, 6) is -0.880. The van der Waals surface area contributed by atoms with E-state index in [-0.39, 0.29) is 23.9 Å². The van der Waals surface area contributed by atoms with Crippen LogP contribution in [0.3, 0.4) is 0 Å². The van der Waals surface area contributed by atoms with Gasteiger partial charge in [-0.1, -0.05) is 23.8 Å². The molecule has 0 radical (unpaired) electrons. The number of nitrogens with one attached hydrogen (secondary N) is 1. The van der Waals surface area contributed by atoms with Gasteiger partial charge in [-0.15, -0.1) is 0 Å². The van der Waals surface area contributed by atoms with Crippen LogP contribution in [0, 0.1) is 12.7 Å². The minimum Gasteiger partial charge on any atom is -0.496 e. The number of carbonyl (C=O) groups is 2. The maximum absolute atomic E-state index is 12.7. The number of nitrogens with zero attached hydrogens (tertiary/aromatic N) is 1. The number of rotatable bonds is 4. The summed E-state index contributed by atoms with van der Waals surface area (Å²) in [4.78, 5) is 25.6. The van der Waals surface area contributed by atoms with E-state index in [2.05, 4.69) is 5.32 Å². The van der Waals surface area contributed by atoms with Crippen molar-refractivity contribution < 1.29 is 28.9 Å². The molecule has 8 heteroatoms. The third kappa shape index (κ3) is 5.27. The molecular weight excluding hydrogens is 451 g/mol. The number of hydrogen-bond donors (Lipinski definition) is 3. The first-order valence-electron chi connectivity index (χ1n) is 11.0. The zero-order valence-corrected chi connectivity index (χ0v) is 20.3. The molecule has 3 aromatic carbocycles. The third-order valence-electron chi connectivity index (χ3n) is 5.81. The molecule has 7 nitrogen and oxygen atoms in total. The van der Waals surface area contributed by atoms with Crippen molar-refractivity contribution in [2.45, 2.75) is 32.9 Å². The minimum absolute atomic E-state index is 0.107. The number of carbonyl (C=O) groups excluding carboxylic acids is 1. The van der Waals surface area contributed by atoms with Gasteiger partial charge < -0.3 is 25.2 Å². The van der Waals surface area contributed by atoms with Gasteiger partial charge in [-0.2, -0.15) is 0 Å². The van der Waals surface area contributed by atoms with Crippen LogP contribution in [0.1, 0.15) is 35.3 Å². The Bertz CT molecular complexity index is 1230. The van der Waals surface area contributed by atoms with Gasteiger partial charge in [0.25, 0.3) is 5.91 Å². The van der Waals surface area contributed by atoms with Gasteiger partial charge in [0.15, 0.2) is 0 Å². The Morgan fingerprint density at radius 3 is 2.29 bits per heavy atom. The van der Waals surface area contributed by atoms with E-state index in [0.29, 0.717) is 28.1 Å². The third-order valence-corrected chi connectivity index (χ3v) is 5.81. The molecule has 0 atom stereocenters. The topological polar surface area (TPSA) is 99.1 Å². The minimum atomic E-state index is -1.06. The molecule has 0 aromatic heterocycles. The average Bonchev–Trinajstić information content (AvgIpc) is 2.83. The zero-order chi connectivity index (χ0) is 25.9. The number of halogens is 1. The second-order valence-corrected chi connectivity index (χ2v) is 8.78. The Balaban J connectivity index is 0.000000363. The number of hydrogen-bond acceptors (Lipinski definition) is 5. The van der Waals surface area contributed by atoms with Gasteiger partial charge in [-0.25, -0.2) is 9.18 Å². The van der Waals surface area contributed by atoms with Crippen LogP contribution in [-0.2, 0) is 11.4 Å². The lowest BCUT2D eigenvalue weighted by Crippen LogP contribution is -2.52. The van der Waals surface area contributed by atoms with Crippen LogP contribution in [0.2, 0.25) is 0 Å². The summed E-state index contributed by atoms with van der Waals surface area (Å²) in [5, 5.41) is 22.6. The largest absolute Gasteiger partial charge is 0.496 e. The van der Waals surface area contributed by atoms with E-state index in [1.54, 1.807) is 45.2 Å². The number of aromatic carboxylic acids is 1. The first kappa shape index (κ1) is 25.7. The monoisotopic (exact) mass is 480 g/mol. The summed E-state index contributed by atoms with van der Waals surface area (Å²) < 4.78 is 17.5. The first-order valence-corrected chi connectivity index (χ1v) is 11.0. The van der Waals surface area contributed by atoms with E-state index in [1.807, 2.05) is 13.0 Å². The van der Waals surface area contributed by atoms with Crippen molar-refractivity contribution in [3.8, 4) is 16.9 Å². The van der Waals surface area contributed by atoms with Crippen LogP contribution in [0.4, 0.5) is 15.8 Å². The van der Waals surface area contributed by atoms with Crippen molar-refractivity contribution in [1.82, 2.24) is 0 Å². The van der Waals surface area contributed by atoms with Gasteiger partial charge in [0, 0.05) is 18.2 Å². The van der Waals surface area contributed by atoms with E-state index in [4.69, 9.17) is 4.74 Å². The predicted octanol–water partition coefficient (Wildman–Crippen LogP) is 4.85. The van der Waals surface area contributed by atoms with Crippen LogP contribution in [0.25, 0.3) is 11.1 Å². The molecule has 1 aliphatic heterocycles. The Hall–Kier alpha value is -3.91. The van der Waals surface area contributed by atoms with Gasteiger partial charge in [0.2, 0.25) is 0 Å². The molecule has 1 heterocycles. The van der Waals surface area contributed by atoms with E-state index < -0.39 is 11.5 Å². The maximum Gasteiger partial charge on any atom is 0.335 e. The summed E-state index contributed by atoms with van der Waals surface area (Å²) in [6, 6.07) is 14.6. The Morgan fingerprint density at radius 1 is 1.09 bits per heavy atom. The number of benzene rings is 3. The highest BCUT2D eigenvalue weighted by Gasteiger charge is 2.38. The molecule has 1 aliphatic rings. The zero-order valence-electron chi connectivity index (χ0n) is 20.3. The van der Waals surface area contributed by atoms with Crippen LogP contribution in [-0.4, -0.2) is 41.8 Å². The summed E-state index contributed by atoms with van der Waals surface area (Å²) in [6.07, 6.45) is 0. The Labute approximate surface area is 203 Å². The maximum atomic E-state index is 12.7. The molecule has 4 rings (SSSR count). The number of aliphatic hydroxyl groups is 1. The highest BCUT2D eigenvalue weighted by molar-refractivity contribution is 6.09. The normalized spacial score (nSPS) is 13.8. The van der Waals surface area contributed by atoms with E-state index >= 15 is 0 Å². The summed E-state index contributed by atoms with van der Waals surface area (Å²) in [7, 11) is 3.16. The lowest BCUT2D eigenvalue weighted by Gasteiger charge is -2.39. The van der Waals surface area contributed by atoms with Gasteiger partial charge in [-0.05, 0) is 62.7 Å². The van der Waals surface area contributed by atoms with Crippen LogP contribution >= 0.6 is 0 Å². The van der Waals surface area contributed by atoms with E-state index in [0.717, 1.165) is 11.3 Å². The van der Waals surface area contributed by atoms with Crippen LogP contribution in [0.5, 0.6) is 5.75 Å². The Kier molecular flexibility index (Phi) is 7.45. The molecule has 184 valence electrons. The molecule has 0 unspecified atom stereocenters. The molecular formula is C27H29FN2O5. The van der Waals surface area contributed by atoms with Crippen molar-refractivity contribution in [2.24, 2.45) is 0 Å². The van der Waals surface area contributed by atoms with Crippen molar-refractivity contribution in [3.05, 3.63) is 77.1 Å². The molecule has 0 bridgehead atoms. The molecule has 3 aromatic rings. The average molecular weight is 481 g/mol. The number of ether oxygens (including phenoxy) is 1. The number of aryl methyl sites for hydroxylation is 1. The molecule has 35 heavy (non-hydrogen) atoms. The van der Waals surface area contributed by atoms with E-state index in [1.165, 1.54) is 36.3 Å². The number of fused-ring (bicyclic) bond motifs is 1. The molecule has 0 aliphatic carbocycles. The number of likely N-dealkylation sites (N-methyl/N-ethyl adjacent to an activating group) is 1. The standard InChI is InChI=1S/C20H22N2O5.C7H7F/c1-20(2)19(26)22(3)17-14(10-23)12(6-7-15(17)21-20)13-9-11(18(24)25)5-8-16(13)27-4;1-6-2-4-7(8)5-3-6/h5-9,21,23H,10H2,1-4H3,(H,24,25);2-5H,1H3. The Morgan fingerprint density at radius 2 is 1.74 bits per heavy atom. The molecule has 0 saturated heterocycles. The highest BCUT2D eigenvalue weighted by atomic mass is 19.1. The summed E-state index contributed by atoms with van der Waals surface area (Å²) in [6.45, 7) is 5.19. The van der Waals surface area contributed by atoms with Crippen molar-refractivity contribution in [1.29, 1.82) is 0 Å². The molecule has 1 amide bonds. The molecule has 0 fully saturated rings. The fraction of sp³-hybridized carbons (Fsp3) is 0.259. The highest BCUT2D eigenvalue weighted by Crippen LogP contribution is 2.44. The fourth-order valence-corrected chi connectivity index (χ4v) is 4.03. The van der Waals surface area contributed by atoms with Crippen molar-refractivity contribution in [2.75, 3.05) is 24.4 Å². The van der Waals surface area contributed by atoms with Crippen LogP contribution in [0.15, 0.2) is 54.6 Å². The van der Waals surface area contributed by atoms with Gasteiger partial charge in [0.1, 0.15) is 17.1 Å². The number of anilines is 2. The smallest absolute Gasteiger partial charge is 0.335 e. The van der Waals surface area contributed by atoms with Gasteiger partial charge >= 0.3 is 5.97 Å². The number of amides is 1. The van der Waals surface area contributed by atoms with E-state index in [9.17, 15) is 24.2 Å². The summed E-state index contributed by atoms with van der Waals surface area (Å²) >= 11 is 0. The number of carboxylic acids is 1. The lowest BCUT2D eigenvalue weighted by molar-refractivity contribution is -0.121.